The van der Waals surface area contributed by atoms with Gasteiger partial charge < -0.3 is 14.9 Å². The molecule has 0 spiro atoms. The van der Waals surface area contributed by atoms with Crippen LogP contribution in [-0.4, -0.2) is 18.9 Å². The van der Waals surface area contributed by atoms with Gasteiger partial charge in [-0.05, 0) is 12.5 Å². The second kappa shape index (κ2) is 13.6. The van der Waals surface area contributed by atoms with E-state index in [4.69, 9.17) is 0 Å². The van der Waals surface area contributed by atoms with Gasteiger partial charge in [0.25, 0.3) is 0 Å². The molecular formula is C11H14Na2O5. The number of ketones is 1. The smallest absolute Gasteiger partial charge is 0.873 e. The Morgan fingerprint density at radius 1 is 1.11 bits per heavy atom. The summed E-state index contributed by atoms with van der Waals surface area (Å²) in [4.78, 5) is 21.7. The standard InChI is InChI=1S/C11H16O5.2Na/c1-3-4-5-8(12)6-9(13)10(14)7-11(15)16-2;;/h6-7,13-14H,3-5H2,1-2H3;;/q;2*+1/p-2. The van der Waals surface area contributed by atoms with Crippen LogP contribution < -0.4 is 69.3 Å². The van der Waals surface area contributed by atoms with Crippen molar-refractivity contribution in [2.45, 2.75) is 26.2 Å². The Bertz CT molecular complexity index is 323. The third kappa shape index (κ3) is 11.3. The van der Waals surface area contributed by atoms with Crippen LogP contribution in [0.1, 0.15) is 26.2 Å². The van der Waals surface area contributed by atoms with Crippen LogP contribution in [0.5, 0.6) is 0 Å². The predicted octanol–water partition coefficient (Wildman–Crippen LogP) is -6.58. The molecule has 0 aromatic rings. The molecule has 0 saturated heterocycles. The van der Waals surface area contributed by atoms with Crippen LogP contribution in [0.25, 0.3) is 0 Å². The fourth-order valence-corrected chi connectivity index (χ4v) is 0.878. The molecule has 0 aromatic carbocycles. The topological polar surface area (TPSA) is 89.5 Å². The van der Waals surface area contributed by atoms with E-state index in [-0.39, 0.29) is 65.5 Å². The van der Waals surface area contributed by atoms with Gasteiger partial charge in [0.15, 0.2) is 5.78 Å². The molecule has 0 heterocycles. The Balaban J connectivity index is -0.00000112. The summed E-state index contributed by atoms with van der Waals surface area (Å²) < 4.78 is 4.17. The summed E-state index contributed by atoms with van der Waals surface area (Å²) in [6, 6.07) is 0. The van der Waals surface area contributed by atoms with Gasteiger partial charge in [0.05, 0.1) is 7.11 Å². The van der Waals surface area contributed by atoms with Crippen LogP contribution in [0, 0.1) is 0 Å². The Labute approximate surface area is 151 Å². The van der Waals surface area contributed by atoms with Crippen LogP contribution in [0.3, 0.4) is 0 Å². The van der Waals surface area contributed by atoms with Gasteiger partial charge in [0, 0.05) is 12.5 Å². The maximum atomic E-state index is 11.1. The first-order valence-electron chi connectivity index (χ1n) is 4.89. The van der Waals surface area contributed by atoms with Gasteiger partial charge in [-0.3, -0.25) is 4.79 Å². The normalized spacial score (nSPS) is 11.0. The molecule has 0 aliphatic rings. The van der Waals surface area contributed by atoms with Gasteiger partial charge in [0.2, 0.25) is 0 Å². The first-order valence-corrected chi connectivity index (χ1v) is 4.89. The molecule has 0 aromatic heterocycles. The van der Waals surface area contributed by atoms with Crippen molar-refractivity contribution in [1.29, 1.82) is 0 Å². The summed E-state index contributed by atoms with van der Waals surface area (Å²) in [5, 5.41) is 22.1. The molecular weight excluding hydrogens is 258 g/mol. The number of carbonyl (C=O) groups is 2. The number of unbranched alkanes of at least 4 members (excludes halogenated alkanes) is 1. The molecule has 0 rings (SSSR count). The quantitative estimate of drug-likeness (QED) is 0.158. The van der Waals surface area contributed by atoms with Gasteiger partial charge in [0.1, 0.15) is 0 Å². The molecule has 0 aliphatic heterocycles. The van der Waals surface area contributed by atoms with Gasteiger partial charge in [-0.2, -0.15) is 0 Å². The van der Waals surface area contributed by atoms with E-state index in [2.05, 4.69) is 4.74 Å². The van der Waals surface area contributed by atoms with Gasteiger partial charge in [-0.15, -0.1) is 11.5 Å². The zero-order valence-electron chi connectivity index (χ0n) is 11.3. The zero-order chi connectivity index (χ0) is 12.6. The fraction of sp³-hybridized carbons (Fsp3) is 0.455. The molecule has 0 aliphatic carbocycles. The summed E-state index contributed by atoms with van der Waals surface area (Å²) in [5.41, 5.74) is 0. The second-order valence-electron chi connectivity index (χ2n) is 3.11. The SMILES string of the molecule is CCCCC(=O)C=C([O-])C([O-])=CC(=O)OC.[Na+].[Na+]. The van der Waals surface area contributed by atoms with Gasteiger partial charge in [-0.1, -0.05) is 13.3 Å². The minimum atomic E-state index is -1.04. The number of rotatable bonds is 6. The molecule has 18 heavy (non-hydrogen) atoms. The largest absolute Gasteiger partial charge is 1.00 e. The number of allylic oxidation sites excluding steroid dienone is 1. The van der Waals surface area contributed by atoms with E-state index in [0.29, 0.717) is 12.5 Å². The maximum Gasteiger partial charge on any atom is 1.00 e. The van der Waals surface area contributed by atoms with E-state index in [1.54, 1.807) is 0 Å². The Hall–Kier alpha value is 0.220. The Kier molecular flexibility index (Phi) is 17.7. The molecule has 0 saturated carbocycles. The predicted molar refractivity (Wildman–Crippen MR) is 52.7 cm³/mol. The van der Waals surface area contributed by atoms with Crippen LogP contribution in [0.2, 0.25) is 0 Å². The van der Waals surface area contributed by atoms with E-state index >= 15 is 0 Å². The van der Waals surface area contributed by atoms with Crippen molar-refractivity contribution in [2.24, 2.45) is 0 Å². The average Bonchev–Trinajstić information content (AvgIpc) is 2.25. The molecule has 0 N–H and O–H groups in total. The van der Waals surface area contributed by atoms with Gasteiger partial charge in [-0.25, -0.2) is 4.79 Å². The molecule has 0 fully saturated rings. The van der Waals surface area contributed by atoms with Crippen LogP contribution in [-0.2, 0) is 14.3 Å². The van der Waals surface area contributed by atoms with Crippen molar-refractivity contribution in [3.63, 3.8) is 0 Å². The Morgan fingerprint density at radius 2 is 1.61 bits per heavy atom. The van der Waals surface area contributed by atoms with Crippen LogP contribution in [0.15, 0.2) is 23.7 Å². The van der Waals surface area contributed by atoms with Crippen molar-refractivity contribution in [3.05, 3.63) is 23.7 Å². The maximum absolute atomic E-state index is 11.1. The first-order chi connectivity index (χ1) is 7.51. The number of carbonyl (C=O) groups excluding carboxylic acids is 2. The summed E-state index contributed by atoms with van der Waals surface area (Å²) in [5.74, 6) is -3.35. The van der Waals surface area contributed by atoms with E-state index in [1.165, 1.54) is 0 Å². The monoisotopic (exact) mass is 272 g/mol. The number of esters is 1. The summed E-state index contributed by atoms with van der Waals surface area (Å²) in [7, 11) is 1.09. The molecule has 7 heteroatoms. The average molecular weight is 272 g/mol. The van der Waals surface area contributed by atoms with E-state index in [9.17, 15) is 19.8 Å². The Morgan fingerprint density at radius 3 is 2.06 bits per heavy atom. The number of methoxy groups -OCH3 is 1. The molecule has 5 nitrogen and oxygen atoms in total. The zero-order valence-corrected chi connectivity index (χ0v) is 15.3. The summed E-state index contributed by atoms with van der Waals surface area (Å²) in [6.07, 6.45) is 2.96. The summed E-state index contributed by atoms with van der Waals surface area (Å²) >= 11 is 0. The molecule has 0 atom stereocenters. The third-order valence-electron chi connectivity index (χ3n) is 1.76. The minimum Gasteiger partial charge on any atom is -0.873 e. The third-order valence-corrected chi connectivity index (χ3v) is 1.76. The number of hydrogen-bond acceptors (Lipinski definition) is 5. The fourth-order valence-electron chi connectivity index (χ4n) is 0.878. The van der Waals surface area contributed by atoms with E-state index in [1.807, 2.05) is 6.92 Å². The van der Waals surface area contributed by atoms with Crippen molar-refractivity contribution in [3.8, 4) is 0 Å². The van der Waals surface area contributed by atoms with Crippen LogP contribution in [0.4, 0.5) is 0 Å². The van der Waals surface area contributed by atoms with E-state index in [0.717, 1.165) is 19.6 Å². The van der Waals surface area contributed by atoms with Crippen molar-refractivity contribution < 1.29 is 83.7 Å². The molecule has 0 unspecified atom stereocenters. The summed E-state index contributed by atoms with van der Waals surface area (Å²) in [6.45, 7) is 1.91. The molecule has 0 amide bonds. The molecule has 90 valence electrons. The molecule has 0 radical (unpaired) electrons. The van der Waals surface area contributed by atoms with Crippen molar-refractivity contribution >= 4 is 11.8 Å². The number of ether oxygens (including phenoxy) is 1. The van der Waals surface area contributed by atoms with Crippen LogP contribution >= 0.6 is 0 Å². The first kappa shape index (κ1) is 23.3. The van der Waals surface area contributed by atoms with Crippen molar-refractivity contribution in [2.75, 3.05) is 7.11 Å². The number of hydrogen-bond donors (Lipinski definition) is 0. The van der Waals surface area contributed by atoms with Crippen molar-refractivity contribution in [1.82, 2.24) is 0 Å². The minimum absolute atomic E-state index is 0. The second-order valence-corrected chi connectivity index (χ2v) is 3.11. The molecule has 0 bridgehead atoms. The van der Waals surface area contributed by atoms with Gasteiger partial charge >= 0.3 is 65.1 Å². The van der Waals surface area contributed by atoms with E-state index < -0.39 is 23.3 Å².